The van der Waals surface area contributed by atoms with Gasteiger partial charge in [0.25, 0.3) is 0 Å². The first-order valence-corrected chi connectivity index (χ1v) is 13.8. The van der Waals surface area contributed by atoms with Crippen LogP contribution >= 0.6 is 11.6 Å². The first-order valence-electron chi connectivity index (χ1n) is 13.4. The van der Waals surface area contributed by atoms with Gasteiger partial charge in [-0.25, -0.2) is 15.0 Å². The Balaban J connectivity index is 1.45. The van der Waals surface area contributed by atoms with Gasteiger partial charge < -0.3 is 15.0 Å². The maximum atomic E-state index is 6.55. The number of nitrogens with one attached hydrogen (secondary N) is 1. The van der Waals surface area contributed by atoms with Gasteiger partial charge in [-0.3, -0.25) is 0 Å². The Morgan fingerprint density at radius 1 is 0.927 bits per heavy atom. The van der Waals surface area contributed by atoms with Crippen LogP contribution < -0.4 is 15.0 Å². The zero-order valence-electron chi connectivity index (χ0n) is 22.5. The molecule has 202 valence electrons. The third-order valence-electron chi connectivity index (χ3n) is 7.10. The first kappa shape index (κ1) is 25.0. The average molecular weight is 560 g/mol. The lowest BCUT2D eigenvalue weighted by atomic mass is 9.93. The normalized spacial score (nSPS) is 15.3. The van der Waals surface area contributed by atoms with E-state index in [-0.39, 0.29) is 6.04 Å². The molecule has 0 spiro atoms. The second kappa shape index (κ2) is 10.2. The van der Waals surface area contributed by atoms with E-state index < -0.39 is 0 Å². The summed E-state index contributed by atoms with van der Waals surface area (Å²) >= 11 is 6.55. The molecule has 7 rings (SSSR count). The highest BCUT2D eigenvalue weighted by atomic mass is 35.5. The van der Waals surface area contributed by atoms with Crippen LogP contribution in [0.25, 0.3) is 5.82 Å². The Kier molecular flexibility index (Phi) is 6.24. The Bertz CT molecular complexity index is 1810. The molecule has 9 heteroatoms. The van der Waals surface area contributed by atoms with E-state index in [2.05, 4.69) is 27.3 Å². The second-order valence-electron chi connectivity index (χ2n) is 9.72. The third kappa shape index (κ3) is 4.42. The summed E-state index contributed by atoms with van der Waals surface area (Å²) in [4.78, 5) is 17.1. The minimum atomic E-state index is -0.262. The van der Waals surface area contributed by atoms with E-state index in [0.717, 1.165) is 39.6 Å². The van der Waals surface area contributed by atoms with E-state index in [0.29, 0.717) is 34.9 Å². The molecule has 1 atom stereocenters. The van der Waals surface area contributed by atoms with E-state index in [1.807, 2.05) is 97.4 Å². The molecule has 0 radical (unpaired) electrons. The van der Waals surface area contributed by atoms with Gasteiger partial charge in [0.2, 0.25) is 0 Å². The van der Waals surface area contributed by atoms with E-state index in [4.69, 9.17) is 31.4 Å². The number of anilines is 2. The van der Waals surface area contributed by atoms with Crippen LogP contribution in [0.15, 0.2) is 107 Å². The van der Waals surface area contributed by atoms with E-state index >= 15 is 0 Å². The lowest BCUT2D eigenvalue weighted by molar-refractivity contribution is 0.340. The van der Waals surface area contributed by atoms with Crippen LogP contribution in [-0.2, 0) is 0 Å². The van der Waals surface area contributed by atoms with Crippen LogP contribution in [0.4, 0.5) is 22.9 Å². The molecule has 0 fully saturated rings. The van der Waals surface area contributed by atoms with Crippen molar-refractivity contribution in [2.75, 3.05) is 16.8 Å². The van der Waals surface area contributed by atoms with Gasteiger partial charge >= 0.3 is 0 Å². The molecule has 0 amide bonds. The molecule has 0 bridgehead atoms. The molecule has 8 nitrogen and oxygen atoms in total. The van der Waals surface area contributed by atoms with Crippen LogP contribution in [0.3, 0.4) is 0 Å². The topological polar surface area (TPSA) is 79.9 Å². The number of aliphatic imine (C=N–C) groups is 2. The van der Waals surface area contributed by atoms with Crippen molar-refractivity contribution in [1.29, 1.82) is 0 Å². The molecule has 2 aliphatic heterocycles. The highest BCUT2D eigenvalue weighted by molar-refractivity contribution is 6.51. The summed E-state index contributed by atoms with van der Waals surface area (Å²) in [6.07, 6.45) is 1.76. The molecule has 0 unspecified atom stereocenters. The molecule has 0 saturated heterocycles. The van der Waals surface area contributed by atoms with Crippen molar-refractivity contribution in [1.82, 2.24) is 14.8 Å². The number of benzene rings is 3. The second-order valence-corrected chi connectivity index (χ2v) is 10.2. The van der Waals surface area contributed by atoms with Crippen LogP contribution in [0.5, 0.6) is 5.75 Å². The number of rotatable bonds is 5. The van der Waals surface area contributed by atoms with Gasteiger partial charge in [0.1, 0.15) is 5.75 Å². The number of halogens is 1. The fraction of sp³-hybridized carbons (Fsp3) is 0.125. The summed E-state index contributed by atoms with van der Waals surface area (Å²) in [6, 6.07) is 29.4. The zero-order chi connectivity index (χ0) is 27.9. The van der Waals surface area contributed by atoms with Crippen molar-refractivity contribution in [3.8, 4) is 11.6 Å². The van der Waals surface area contributed by atoms with Crippen molar-refractivity contribution in [3.63, 3.8) is 0 Å². The summed E-state index contributed by atoms with van der Waals surface area (Å²) in [5.74, 6) is 3.50. The highest BCUT2D eigenvalue weighted by Crippen LogP contribution is 2.48. The standard InChI is InChI=1S/C32H26ClN7O/c1-3-41-24-16-14-23(15-17-24)35-30-32-37-31-28(20(2)38-40(31)27-13-6-7-18-34-27)29(21-9-8-10-22(33)19-21)39(32)26-12-5-4-11-25(26)36-30/h4-19,29H,3H2,1-2H3,(H,35,36)/t29-/m1/s1. The quantitative estimate of drug-likeness (QED) is 0.242. The highest BCUT2D eigenvalue weighted by Gasteiger charge is 2.41. The van der Waals surface area contributed by atoms with Crippen LogP contribution in [0.1, 0.15) is 29.8 Å². The molecule has 0 saturated carbocycles. The maximum Gasteiger partial charge on any atom is 0.179 e. The molecule has 0 aliphatic carbocycles. The smallest absolute Gasteiger partial charge is 0.179 e. The number of aromatic nitrogens is 3. The minimum Gasteiger partial charge on any atom is -0.494 e. The number of nitrogens with zero attached hydrogens (tertiary/aromatic N) is 6. The van der Waals surface area contributed by atoms with Crippen molar-refractivity contribution in [3.05, 3.63) is 119 Å². The van der Waals surface area contributed by atoms with Gasteiger partial charge in [0.15, 0.2) is 23.3 Å². The lowest BCUT2D eigenvalue weighted by Crippen LogP contribution is -2.46. The monoisotopic (exact) mass is 559 g/mol. The Morgan fingerprint density at radius 3 is 2.54 bits per heavy atom. The van der Waals surface area contributed by atoms with Gasteiger partial charge in [-0.15, -0.1) is 0 Å². The van der Waals surface area contributed by atoms with Crippen LogP contribution in [0, 0.1) is 6.92 Å². The first-order chi connectivity index (χ1) is 20.1. The fourth-order valence-electron chi connectivity index (χ4n) is 5.37. The van der Waals surface area contributed by atoms with Crippen molar-refractivity contribution in [2.45, 2.75) is 19.9 Å². The number of fused-ring (bicyclic) bond motifs is 4. The Hall–Kier alpha value is -4.95. The van der Waals surface area contributed by atoms with Crippen LogP contribution in [-0.4, -0.2) is 33.0 Å². The zero-order valence-corrected chi connectivity index (χ0v) is 23.2. The van der Waals surface area contributed by atoms with E-state index in [1.165, 1.54) is 0 Å². The number of ether oxygens (including phenoxy) is 1. The van der Waals surface area contributed by atoms with Gasteiger partial charge in [-0.2, -0.15) is 9.78 Å². The predicted molar refractivity (Wildman–Crippen MR) is 164 cm³/mol. The Labute approximate surface area is 242 Å². The molecule has 5 aromatic rings. The molecule has 2 aromatic heterocycles. The van der Waals surface area contributed by atoms with Gasteiger partial charge in [0, 0.05) is 22.5 Å². The van der Waals surface area contributed by atoms with Gasteiger partial charge in [0.05, 0.1) is 29.7 Å². The van der Waals surface area contributed by atoms with Crippen molar-refractivity contribution >= 4 is 46.2 Å². The average Bonchev–Trinajstić information content (AvgIpc) is 3.33. The summed E-state index contributed by atoms with van der Waals surface area (Å²) in [5.41, 5.74) is 5.52. The number of amidine groups is 2. The summed E-state index contributed by atoms with van der Waals surface area (Å²) in [7, 11) is 0. The molecule has 3 aromatic carbocycles. The summed E-state index contributed by atoms with van der Waals surface area (Å²) in [5, 5.41) is 9.11. The number of hydrogen-bond acceptors (Lipinski definition) is 7. The molecular weight excluding hydrogens is 534 g/mol. The third-order valence-corrected chi connectivity index (χ3v) is 7.33. The summed E-state index contributed by atoms with van der Waals surface area (Å²) in [6.45, 7) is 4.59. The molecule has 4 heterocycles. The summed E-state index contributed by atoms with van der Waals surface area (Å²) < 4.78 is 7.44. The maximum absolute atomic E-state index is 6.55. The predicted octanol–water partition coefficient (Wildman–Crippen LogP) is 7.42. The van der Waals surface area contributed by atoms with Gasteiger partial charge in [-0.1, -0.05) is 41.9 Å². The van der Waals surface area contributed by atoms with Crippen LogP contribution in [0.2, 0.25) is 5.02 Å². The van der Waals surface area contributed by atoms with Crippen molar-refractivity contribution < 1.29 is 4.74 Å². The number of pyridine rings is 1. The fourth-order valence-corrected chi connectivity index (χ4v) is 5.57. The van der Waals surface area contributed by atoms with Gasteiger partial charge in [-0.05, 0) is 80.1 Å². The number of hydrogen-bond donors (Lipinski definition) is 1. The molecular formula is C32H26ClN7O. The molecule has 41 heavy (non-hydrogen) atoms. The lowest BCUT2D eigenvalue weighted by Gasteiger charge is -2.40. The SMILES string of the molecule is CCOc1ccc(NC2=Nc3ccccc3N3C2=Nc2c(c(C)nn2-c2ccccn2)[C@H]3c2cccc(Cl)c2)cc1. The Morgan fingerprint density at radius 2 is 1.76 bits per heavy atom. The molecule has 2 aliphatic rings. The van der Waals surface area contributed by atoms with E-state index in [9.17, 15) is 0 Å². The number of aryl methyl sites for hydroxylation is 1. The molecule has 1 N–H and O–H groups in total. The minimum absolute atomic E-state index is 0.262. The largest absolute Gasteiger partial charge is 0.494 e. The van der Waals surface area contributed by atoms with Crippen molar-refractivity contribution in [2.24, 2.45) is 9.98 Å². The van der Waals surface area contributed by atoms with E-state index in [1.54, 1.807) is 6.20 Å². The number of para-hydroxylation sites is 2.